The van der Waals surface area contributed by atoms with Crippen molar-refractivity contribution in [3.8, 4) is 0 Å². The number of hydrogen-bond acceptors (Lipinski definition) is 4. The fourth-order valence-corrected chi connectivity index (χ4v) is 2.63. The molecular formula is C14H23N3O2. The molecule has 1 saturated carbocycles. The van der Waals surface area contributed by atoms with E-state index in [0.29, 0.717) is 18.9 Å². The molecule has 106 valence electrons. The van der Waals surface area contributed by atoms with E-state index in [4.69, 9.17) is 0 Å². The molecule has 0 amide bonds. The highest BCUT2D eigenvalue weighted by Gasteiger charge is 2.28. The Morgan fingerprint density at radius 2 is 2.05 bits per heavy atom. The molecule has 1 aromatic heterocycles. The first kappa shape index (κ1) is 14.1. The summed E-state index contributed by atoms with van der Waals surface area (Å²) in [7, 11) is 0. The van der Waals surface area contributed by atoms with Crippen LogP contribution < -0.4 is 10.9 Å². The first-order valence-corrected chi connectivity index (χ1v) is 7.16. The zero-order chi connectivity index (χ0) is 13.7. The smallest absolute Gasteiger partial charge is 0.293 e. The van der Waals surface area contributed by atoms with Crippen LogP contribution in [0.15, 0.2) is 17.2 Å². The minimum Gasteiger partial charge on any atom is -0.388 e. The molecule has 1 aromatic rings. The minimum atomic E-state index is -0.697. The molecule has 1 fully saturated rings. The monoisotopic (exact) mass is 265 g/mol. The lowest BCUT2D eigenvalue weighted by Gasteiger charge is -2.26. The third kappa shape index (κ3) is 3.56. The van der Waals surface area contributed by atoms with Gasteiger partial charge in [-0.25, -0.2) is 4.98 Å². The van der Waals surface area contributed by atoms with E-state index in [1.165, 1.54) is 12.8 Å². The number of anilines is 1. The van der Waals surface area contributed by atoms with Crippen LogP contribution in [0.4, 0.5) is 5.82 Å². The fourth-order valence-electron chi connectivity index (χ4n) is 2.63. The van der Waals surface area contributed by atoms with Gasteiger partial charge in [-0.05, 0) is 19.8 Å². The summed E-state index contributed by atoms with van der Waals surface area (Å²) in [6.45, 7) is 2.95. The molecule has 1 aliphatic rings. The van der Waals surface area contributed by atoms with Gasteiger partial charge >= 0.3 is 0 Å². The Morgan fingerprint density at radius 3 is 2.68 bits per heavy atom. The quantitative estimate of drug-likeness (QED) is 0.814. The molecule has 5 heteroatoms. The molecule has 1 aliphatic carbocycles. The van der Waals surface area contributed by atoms with Crippen molar-refractivity contribution in [3.05, 3.63) is 22.7 Å². The maximum Gasteiger partial charge on any atom is 0.293 e. The summed E-state index contributed by atoms with van der Waals surface area (Å²) in [5.41, 5.74) is -0.820. The van der Waals surface area contributed by atoms with E-state index >= 15 is 0 Å². The summed E-state index contributed by atoms with van der Waals surface area (Å²) in [6, 6.07) is 0. The van der Waals surface area contributed by atoms with Gasteiger partial charge in [0.1, 0.15) is 0 Å². The number of aromatic nitrogens is 2. The van der Waals surface area contributed by atoms with Crippen molar-refractivity contribution in [1.82, 2.24) is 9.55 Å². The van der Waals surface area contributed by atoms with Gasteiger partial charge in [0.25, 0.3) is 5.56 Å². The average Bonchev–Trinajstić information content (AvgIpc) is 2.63. The number of rotatable bonds is 4. The topological polar surface area (TPSA) is 67.2 Å². The van der Waals surface area contributed by atoms with Crippen molar-refractivity contribution >= 4 is 5.82 Å². The summed E-state index contributed by atoms with van der Waals surface area (Å²) in [5.74, 6) is 0.335. The van der Waals surface area contributed by atoms with Crippen LogP contribution in [0.25, 0.3) is 0 Å². The highest BCUT2D eigenvalue weighted by atomic mass is 16.3. The molecule has 2 rings (SSSR count). The molecule has 0 spiro atoms. The van der Waals surface area contributed by atoms with Gasteiger partial charge in [-0.15, -0.1) is 0 Å². The third-order valence-electron chi connectivity index (χ3n) is 3.87. The van der Waals surface area contributed by atoms with E-state index in [1.807, 2.05) is 6.92 Å². The Morgan fingerprint density at radius 1 is 1.37 bits per heavy atom. The van der Waals surface area contributed by atoms with Gasteiger partial charge < -0.3 is 15.0 Å². The number of hydrogen-bond donors (Lipinski definition) is 2. The van der Waals surface area contributed by atoms with Crippen molar-refractivity contribution in [1.29, 1.82) is 0 Å². The number of aliphatic hydroxyl groups is 1. The molecule has 0 bridgehead atoms. The van der Waals surface area contributed by atoms with Gasteiger partial charge in [0.2, 0.25) is 0 Å². The van der Waals surface area contributed by atoms with Gasteiger partial charge in [0.15, 0.2) is 5.82 Å². The summed E-state index contributed by atoms with van der Waals surface area (Å²) in [4.78, 5) is 16.1. The first-order valence-electron chi connectivity index (χ1n) is 7.16. The summed E-state index contributed by atoms with van der Waals surface area (Å²) in [6.07, 6.45) is 9.38. The van der Waals surface area contributed by atoms with Gasteiger partial charge in [-0.1, -0.05) is 25.7 Å². The summed E-state index contributed by atoms with van der Waals surface area (Å²) in [5, 5.41) is 13.6. The second-order valence-corrected chi connectivity index (χ2v) is 5.36. The summed E-state index contributed by atoms with van der Waals surface area (Å²) >= 11 is 0. The van der Waals surface area contributed by atoms with Crippen LogP contribution in [0.2, 0.25) is 0 Å². The van der Waals surface area contributed by atoms with E-state index in [1.54, 1.807) is 17.0 Å². The maximum atomic E-state index is 12.0. The standard InChI is InChI=1S/C14H23N3O2/c1-2-17-10-9-15-12(13(17)18)16-11-14(19)7-5-3-4-6-8-14/h9-10,19H,2-8,11H2,1H3,(H,15,16). The molecule has 0 unspecified atom stereocenters. The normalized spacial score (nSPS) is 18.8. The highest BCUT2D eigenvalue weighted by molar-refractivity contribution is 5.31. The average molecular weight is 265 g/mol. The van der Waals surface area contributed by atoms with Crippen LogP contribution in [0.1, 0.15) is 45.4 Å². The molecule has 1 heterocycles. The Bertz CT molecular complexity index is 462. The number of nitrogens with zero attached hydrogens (tertiary/aromatic N) is 2. The molecule has 0 aromatic carbocycles. The number of nitrogens with one attached hydrogen (secondary N) is 1. The van der Waals surface area contributed by atoms with Gasteiger partial charge in [-0.2, -0.15) is 0 Å². The van der Waals surface area contributed by atoms with Crippen LogP contribution in [0.5, 0.6) is 0 Å². The molecule has 0 saturated heterocycles. The zero-order valence-electron chi connectivity index (χ0n) is 11.6. The van der Waals surface area contributed by atoms with Crippen LogP contribution in [0.3, 0.4) is 0 Å². The lowest BCUT2D eigenvalue weighted by molar-refractivity contribution is 0.0380. The van der Waals surface area contributed by atoms with Crippen molar-refractivity contribution in [2.24, 2.45) is 0 Å². The molecule has 0 atom stereocenters. The maximum absolute atomic E-state index is 12.0. The number of aryl methyl sites for hydroxylation is 1. The highest BCUT2D eigenvalue weighted by Crippen LogP contribution is 2.26. The van der Waals surface area contributed by atoms with Crippen LogP contribution >= 0.6 is 0 Å². The molecule has 19 heavy (non-hydrogen) atoms. The Kier molecular flexibility index (Phi) is 4.58. The van der Waals surface area contributed by atoms with Gasteiger partial charge in [0, 0.05) is 25.5 Å². The Labute approximate surface area is 113 Å². The van der Waals surface area contributed by atoms with E-state index in [9.17, 15) is 9.90 Å². The molecular weight excluding hydrogens is 242 g/mol. The minimum absolute atomic E-state index is 0.123. The SMILES string of the molecule is CCn1ccnc(NCC2(O)CCCCCC2)c1=O. The van der Waals surface area contributed by atoms with E-state index in [2.05, 4.69) is 10.3 Å². The van der Waals surface area contributed by atoms with Crippen molar-refractivity contribution in [2.45, 2.75) is 57.6 Å². The molecule has 0 radical (unpaired) electrons. The Hall–Kier alpha value is -1.36. The van der Waals surface area contributed by atoms with Crippen molar-refractivity contribution < 1.29 is 5.11 Å². The largest absolute Gasteiger partial charge is 0.388 e. The molecule has 0 aliphatic heterocycles. The molecule has 2 N–H and O–H groups in total. The van der Waals surface area contributed by atoms with Crippen LogP contribution in [-0.4, -0.2) is 26.8 Å². The predicted molar refractivity (Wildman–Crippen MR) is 75.3 cm³/mol. The van der Waals surface area contributed by atoms with E-state index < -0.39 is 5.60 Å². The van der Waals surface area contributed by atoms with E-state index in [0.717, 1.165) is 25.7 Å². The van der Waals surface area contributed by atoms with Gasteiger partial charge in [-0.3, -0.25) is 4.79 Å². The van der Waals surface area contributed by atoms with Crippen molar-refractivity contribution in [3.63, 3.8) is 0 Å². The summed E-state index contributed by atoms with van der Waals surface area (Å²) < 4.78 is 1.60. The second-order valence-electron chi connectivity index (χ2n) is 5.36. The zero-order valence-corrected chi connectivity index (χ0v) is 11.6. The first-order chi connectivity index (χ1) is 9.14. The third-order valence-corrected chi connectivity index (χ3v) is 3.87. The van der Waals surface area contributed by atoms with E-state index in [-0.39, 0.29) is 5.56 Å². The van der Waals surface area contributed by atoms with Crippen LogP contribution in [0, 0.1) is 0 Å². The Balaban J connectivity index is 2.03. The predicted octanol–water partition coefficient (Wildman–Crippen LogP) is 1.76. The fraction of sp³-hybridized carbons (Fsp3) is 0.714. The van der Waals surface area contributed by atoms with Crippen molar-refractivity contribution in [2.75, 3.05) is 11.9 Å². The second kappa shape index (κ2) is 6.19. The van der Waals surface area contributed by atoms with Gasteiger partial charge in [0.05, 0.1) is 5.60 Å². The van der Waals surface area contributed by atoms with Crippen LogP contribution in [-0.2, 0) is 6.54 Å². The lowest BCUT2D eigenvalue weighted by atomic mass is 9.94. The lowest BCUT2D eigenvalue weighted by Crippen LogP contribution is -2.38. The molecule has 5 nitrogen and oxygen atoms in total.